The Morgan fingerprint density at radius 3 is 2.80 bits per heavy atom. The Balaban J connectivity index is 1.96. The van der Waals surface area contributed by atoms with Gasteiger partial charge in [-0.15, -0.1) is 0 Å². The Morgan fingerprint density at radius 1 is 1.36 bits per heavy atom. The molecule has 0 bridgehead atoms. The Hall–Kier alpha value is -1.14. The Morgan fingerprint density at radius 2 is 2.16 bits per heavy atom. The van der Waals surface area contributed by atoms with Gasteiger partial charge >= 0.3 is 0 Å². The van der Waals surface area contributed by atoms with Gasteiger partial charge in [0.05, 0.1) is 31.5 Å². The second-order valence-corrected chi connectivity index (χ2v) is 7.76. The maximum Gasteiger partial charge on any atom is 0.119 e. The zero-order valence-corrected chi connectivity index (χ0v) is 16.0. The molecule has 2 rings (SSSR count). The van der Waals surface area contributed by atoms with Crippen LogP contribution in [0, 0.1) is 0 Å². The molecule has 0 aliphatic carbocycles. The van der Waals surface area contributed by atoms with Crippen molar-refractivity contribution in [1.29, 1.82) is 0 Å². The minimum absolute atomic E-state index is 0.243. The average Bonchev–Trinajstić information content (AvgIpc) is 3.05. The lowest BCUT2D eigenvalue weighted by atomic mass is 10.1. The predicted octanol–water partition coefficient (Wildman–Crippen LogP) is 2.85. The summed E-state index contributed by atoms with van der Waals surface area (Å²) in [6.07, 6.45) is 1.93. The molecule has 0 amide bonds. The first-order chi connectivity index (χ1) is 11.9. The van der Waals surface area contributed by atoms with E-state index in [1.165, 1.54) is 5.56 Å². The molecule has 2 atom stereocenters. The fourth-order valence-electron chi connectivity index (χ4n) is 3.01. The summed E-state index contributed by atoms with van der Waals surface area (Å²) in [6, 6.07) is 8.07. The molecule has 1 N–H and O–H groups in total. The summed E-state index contributed by atoms with van der Waals surface area (Å²) in [5.74, 6) is 0.853. The maximum atomic E-state index is 10.4. The number of benzene rings is 1. The van der Waals surface area contributed by atoms with E-state index in [2.05, 4.69) is 11.0 Å². The number of methoxy groups -OCH3 is 1. The van der Waals surface area contributed by atoms with Gasteiger partial charge in [0.1, 0.15) is 5.75 Å². The minimum Gasteiger partial charge on any atom is -0.497 e. The number of hydrogen-bond donors (Lipinski definition) is 1. The molecule has 0 radical (unpaired) electrons. The summed E-state index contributed by atoms with van der Waals surface area (Å²) >= 11 is 0. The van der Waals surface area contributed by atoms with Gasteiger partial charge in [0.15, 0.2) is 0 Å². The van der Waals surface area contributed by atoms with Gasteiger partial charge in [-0.05, 0) is 51.3 Å². The minimum atomic E-state index is -0.522. The molecule has 0 aromatic heterocycles. The quantitative estimate of drug-likeness (QED) is 0.741. The van der Waals surface area contributed by atoms with Crippen molar-refractivity contribution < 1.29 is 19.3 Å². The van der Waals surface area contributed by atoms with Gasteiger partial charge < -0.3 is 19.3 Å². The zero-order chi connectivity index (χ0) is 18.3. The van der Waals surface area contributed by atoms with Crippen molar-refractivity contribution in [2.24, 2.45) is 0 Å². The van der Waals surface area contributed by atoms with Crippen molar-refractivity contribution in [3.63, 3.8) is 0 Å². The normalized spacial score (nSPS) is 19.4. The first-order valence-electron chi connectivity index (χ1n) is 9.14. The average molecular weight is 351 g/mol. The maximum absolute atomic E-state index is 10.4. The highest BCUT2D eigenvalue weighted by Gasteiger charge is 2.22. The molecular formula is C20H33NO4. The van der Waals surface area contributed by atoms with Crippen LogP contribution in [0.2, 0.25) is 0 Å². The van der Waals surface area contributed by atoms with Gasteiger partial charge in [0.2, 0.25) is 0 Å². The Kier molecular flexibility index (Phi) is 7.69. The van der Waals surface area contributed by atoms with Crippen LogP contribution in [-0.2, 0) is 16.0 Å². The molecule has 1 fully saturated rings. The molecule has 5 heteroatoms. The first kappa shape index (κ1) is 20.2. The number of rotatable bonds is 9. The van der Waals surface area contributed by atoms with Crippen LogP contribution >= 0.6 is 0 Å². The van der Waals surface area contributed by atoms with E-state index < -0.39 is 6.10 Å². The molecule has 1 aromatic carbocycles. The van der Waals surface area contributed by atoms with E-state index in [1.807, 2.05) is 39.0 Å². The monoisotopic (exact) mass is 351 g/mol. The smallest absolute Gasteiger partial charge is 0.119 e. The van der Waals surface area contributed by atoms with Crippen LogP contribution in [0.1, 0.15) is 39.2 Å². The van der Waals surface area contributed by atoms with Gasteiger partial charge in [-0.25, -0.2) is 0 Å². The highest BCUT2D eigenvalue weighted by molar-refractivity contribution is 5.28. The zero-order valence-electron chi connectivity index (χ0n) is 16.0. The van der Waals surface area contributed by atoms with E-state index in [-0.39, 0.29) is 11.7 Å². The number of nitrogens with zero attached hydrogens (tertiary/aromatic N) is 1. The third-order valence-corrected chi connectivity index (χ3v) is 4.20. The SMILES string of the molecule is COc1cccc(CN(C[C@H](O)COC(C)(C)C)C[C@H]2CCCO2)c1. The van der Waals surface area contributed by atoms with Gasteiger partial charge in [0, 0.05) is 26.2 Å². The molecule has 5 nitrogen and oxygen atoms in total. The standard InChI is InChI=1S/C20H33NO4/c1-20(2,3)25-15-17(22)13-21(14-19-9-6-10-24-19)12-16-7-5-8-18(11-16)23-4/h5,7-8,11,17,19,22H,6,9-10,12-15H2,1-4H3/t17-,19+/m0/s1. The van der Waals surface area contributed by atoms with E-state index in [9.17, 15) is 5.11 Å². The molecule has 1 aromatic rings. The number of ether oxygens (including phenoxy) is 3. The molecule has 0 saturated carbocycles. The summed E-state index contributed by atoms with van der Waals surface area (Å²) < 4.78 is 16.8. The van der Waals surface area contributed by atoms with Crippen LogP contribution in [-0.4, -0.2) is 61.2 Å². The van der Waals surface area contributed by atoms with Gasteiger partial charge in [-0.3, -0.25) is 4.90 Å². The van der Waals surface area contributed by atoms with Crippen molar-refractivity contribution in [2.75, 3.05) is 33.4 Å². The second-order valence-electron chi connectivity index (χ2n) is 7.76. The van der Waals surface area contributed by atoms with Crippen molar-refractivity contribution in [2.45, 2.75) is 58.0 Å². The van der Waals surface area contributed by atoms with Crippen LogP contribution in [0.25, 0.3) is 0 Å². The summed E-state index contributed by atoms with van der Waals surface area (Å²) in [5, 5.41) is 10.4. The van der Waals surface area contributed by atoms with Crippen molar-refractivity contribution in [3.8, 4) is 5.75 Å². The lowest BCUT2D eigenvalue weighted by Crippen LogP contribution is -2.40. The summed E-state index contributed by atoms with van der Waals surface area (Å²) in [7, 11) is 1.68. The highest BCUT2D eigenvalue weighted by Crippen LogP contribution is 2.18. The number of aliphatic hydroxyl groups is 1. The van der Waals surface area contributed by atoms with Gasteiger partial charge in [0.25, 0.3) is 0 Å². The summed E-state index contributed by atoms with van der Waals surface area (Å²) in [6.45, 7) is 9.32. The second kappa shape index (κ2) is 9.53. The van der Waals surface area contributed by atoms with E-state index in [0.29, 0.717) is 13.2 Å². The molecule has 0 spiro atoms. The molecule has 1 aliphatic heterocycles. The first-order valence-corrected chi connectivity index (χ1v) is 9.14. The largest absolute Gasteiger partial charge is 0.497 e. The number of hydrogen-bond acceptors (Lipinski definition) is 5. The van der Waals surface area contributed by atoms with Crippen LogP contribution in [0.4, 0.5) is 0 Å². The van der Waals surface area contributed by atoms with Crippen molar-refractivity contribution >= 4 is 0 Å². The Labute approximate surface area is 151 Å². The molecule has 0 unspecified atom stereocenters. The van der Waals surface area contributed by atoms with Crippen molar-refractivity contribution in [1.82, 2.24) is 4.90 Å². The lowest BCUT2D eigenvalue weighted by molar-refractivity contribution is -0.0594. The van der Waals surface area contributed by atoms with Gasteiger partial charge in [-0.1, -0.05) is 12.1 Å². The van der Waals surface area contributed by atoms with E-state index >= 15 is 0 Å². The molecule has 1 saturated heterocycles. The fourth-order valence-corrected chi connectivity index (χ4v) is 3.01. The predicted molar refractivity (Wildman–Crippen MR) is 99.0 cm³/mol. The molecular weight excluding hydrogens is 318 g/mol. The molecule has 142 valence electrons. The van der Waals surface area contributed by atoms with E-state index in [4.69, 9.17) is 14.2 Å². The van der Waals surface area contributed by atoms with Crippen LogP contribution < -0.4 is 4.74 Å². The fraction of sp³-hybridized carbons (Fsp3) is 0.700. The van der Waals surface area contributed by atoms with Crippen LogP contribution in [0.15, 0.2) is 24.3 Å². The third kappa shape index (κ3) is 7.74. The van der Waals surface area contributed by atoms with Crippen LogP contribution in [0.3, 0.4) is 0 Å². The number of aliphatic hydroxyl groups excluding tert-OH is 1. The van der Waals surface area contributed by atoms with Gasteiger partial charge in [-0.2, -0.15) is 0 Å². The van der Waals surface area contributed by atoms with E-state index in [1.54, 1.807) is 7.11 Å². The molecule has 25 heavy (non-hydrogen) atoms. The highest BCUT2D eigenvalue weighted by atomic mass is 16.5. The molecule has 1 heterocycles. The lowest BCUT2D eigenvalue weighted by Gasteiger charge is -2.29. The van der Waals surface area contributed by atoms with Crippen molar-refractivity contribution in [3.05, 3.63) is 29.8 Å². The summed E-state index contributed by atoms with van der Waals surface area (Å²) in [4.78, 5) is 2.25. The Bertz CT molecular complexity index is 509. The molecule has 1 aliphatic rings. The van der Waals surface area contributed by atoms with E-state index in [0.717, 1.165) is 38.3 Å². The summed E-state index contributed by atoms with van der Waals surface area (Å²) in [5.41, 5.74) is 0.925. The topological polar surface area (TPSA) is 51.2 Å². The third-order valence-electron chi connectivity index (χ3n) is 4.20. The van der Waals surface area contributed by atoms with Crippen LogP contribution in [0.5, 0.6) is 5.75 Å².